The number of anilines is 1. The highest BCUT2D eigenvalue weighted by molar-refractivity contribution is 5.83. The van der Waals surface area contributed by atoms with Crippen LogP contribution in [0, 0.1) is 17.3 Å². The Morgan fingerprint density at radius 2 is 1.93 bits per heavy atom. The van der Waals surface area contributed by atoms with E-state index in [9.17, 15) is 18.0 Å². The molecule has 4 nitrogen and oxygen atoms in total. The molecule has 1 aliphatic heterocycles. The monoisotopic (exact) mass is 383 g/mol. The van der Waals surface area contributed by atoms with Crippen molar-refractivity contribution in [3.8, 4) is 0 Å². The summed E-state index contributed by atoms with van der Waals surface area (Å²) in [4.78, 5) is 20.5. The molecule has 1 saturated carbocycles. The number of amides is 1. The predicted molar refractivity (Wildman–Crippen MR) is 98.3 cm³/mol. The normalized spacial score (nSPS) is 26.7. The van der Waals surface area contributed by atoms with E-state index in [4.69, 9.17) is 0 Å². The van der Waals surface area contributed by atoms with Crippen molar-refractivity contribution >= 4 is 11.7 Å². The number of hydrogen-bond donors (Lipinski definition) is 0. The molecule has 1 aromatic heterocycles. The number of rotatable bonds is 3. The number of carbonyl (C=O) groups excluding carboxylic acids is 1. The first kappa shape index (κ1) is 20.0. The van der Waals surface area contributed by atoms with Crippen molar-refractivity contribution in [2.45, 2.75) is 46.2 Å². The van der Waals surface area contributed by atoms with Gasteiger partial charge in [0.15, 0.2) is 0 Å². The van der Waals surface area contributed by atoms with Crippen LogP contribution in [0.2, 0.25) is 0 Å². The minimum absolute atomic E-state index is 0.0379. The summed E-state index contributed by atoms with van der Waals surface area (Å²) in [6.45, 7) is 8.06. The van der Waals surface area contributed by atoms with Gasteiger partial charge in [0.25, 0.3) is 0 Å². The van der Waals surface area contributed by atoms with Gasteiger partial charge in [-0.15, -0.1) is 0 Å². The molecule has 1 saturated heterocycles. The van der Waals surface area contributed by atoms with Gasteiger partial charge in [-0.25, -0.2) is 4.98 Å². The lowest BCUT2D eigenvalue weighted by Gasteiger charge is -2.39. The second-order valence-corrected chi connectivity index (χ2v) is 8.46. The Hall–Kier alpha value is -1.79. The number of hydrogen-bond acceptors (Lipinski definition) is 3. The Balaban J connectivity index is 1.66. The van der Waals surface area contributed by atoms with Crippen molar-refractivity contribution < 1.29 is 18.0 Å². The smallest absolute Gasteiger partial charge is 0.353 e. The van der Waals surface area contributed by atoms with Crippen LogP contribution in [0.3, 0.4) is 0 Å². The molecule has 2 atom stereocenters. The highest BCUT2D eigenvalue weighted by Gasteiger charge is 2.44. The SMILES string of the molecule is CC(C)C1CCC(C)(C(=O)N2CCN(c3ncccc3C(F)(F)F)CC2)C1. The Labute approximate surface area is 158 Å². The molecule has 150 valence electrons. The molecule has 0 spiro atoms. The minimum atomic E-state index is -4.43. The fourth-order valence-electron chi connectivity index (χ4n) is 4.42. The van der Waals surface area contributed by atoms with Crippen molar-refractivity contribution in [1.29, 1.82) is 0 Å². The first-order valence-corrected chi connectivity index (χ1v) is 9.68. The first-order chi connectivity index (χ1) is 12.6. The topological polar surface area (TPSA) is 36.4 Å². The number of aromatic nitrogens is 1. The zero-order valence-corrected chi connectivity index (χ0v) is 16.2. The number of carbonyl (C=O) groups is 1. The van der Waals surface area contributed by atoms with Crippen molar-refractivity contribution in [1.82, 2.24) is 9.88 Å². The zero-order chi connectivity index (χ0) is 19.8. The lowest BCUT2D eigenvalue weighted by atomic mass is 9.83. The van der Waals surface area contributed by atoms with E-state index in [0.29, 0.717) is 38.0 Å². The highest BCUT2D eigenvalue weighted by atomic mass is 19.4. The number of alkyl halides is 3. The van der Waals surface area contributed by atoms with Crippen LogP contribution in [-0.4, -0.2) is 42.0 Å². The molecule has 2 fully saturated rings. The number of halogens is 3. The van der Waals surface area contributed by atoms with E-state index in [-0.39, 0.29) is 17.1 Å². The lowest BCUT2D eigenvalue weighted by Crippen LogP contribution is -2.52. The van der Waals surface area contributed by atoms with Crippen molar-refractivity contribution in [2.75, 3.05) is 31.1 Å². The van der Waals surface area contributed by atoms with Crippen LogP contribution in [0.4, 0.5) is 19.0 Å². The maximum Gasteiger partial charge on any atom is 0.419 e. The van der Waals surface area contributed by atoms with Gasteiger partial charge in [0, 0.05) is 37.8 Å². The Morgan fingerprint density at radius 1 is 1.26 bits per heavy atom. The molecule has 3 rings (SSSR count). The summed E-state index contributed by atoms with van der Waals surface area (Å²) in [6.07, 6.45) is -0.175. The molecular formula is C20H28F3N3O. The van der Waals surface area contributed by atoms with Crippen LogP contribution in [0.25, 0.3) is 0 Å². The van der Waals surface area contributed by atoms with Crippen molar-refractivity contribution in [3.63, 3.8) is 0 Å². The second-order valence-electron chi connectivity index (χ2n) is 8.46. The third-order valence-corrected chi connectivity index (χ3v) is 6.20. The van der Waals surface area contributed by atoms with Gasteiger partial charge >= 0.3 is 6.18 Å². The van der Waals surface area contributed by atoms with Crippen molar-refractivity contribution in [2.24, 2.45) is 17.3 Å². The molecule has 2 aliphatic rings. The summed E-state index contributed by atoms with van der Waals surface area (Å²) in [5, 5.41) is 0. The molecule has 27 heavy (non-hydrogen) atoms. The van der Waals surface area contributed by atoms with Gasteiger partial charge in [-0.2, -0.15) is 13.2 Å². The summed E-state index contributed by atoms with van der Waals surface area (Å²) in [6, 6.07) is 2.36. The number of pyridine rings is 1. The molecule has 1 aliphatic carbocycles. The van der Waals surface area contributed by atoms with Gasteiger partial charge in [0.2, 0.25) is 5.91 Å². The molecule has 0 bridgehead atoms. The van der Waals surface area contributed by atoms with E-state index in [0.717, 1.165) is 25.3 Å². The van der Waals surface area contributed by atoms with Gasteiger partial charge in [-0.05, 0) is 43.2 Å². The van der Waals surface area contributed by atoms with Crippen LogP contribution >= 0.6 is 0 Å². The van der Waals surface area contributed by atoms with Crippen LogP contribution < -0.4 is 4.90 Å². The van der Waals surface area contributed by atoms with E-state index >= 15 is 0 Å². The summed E-state index contributed by atoms with van der Waals surface area (Å²) in [5.41, 5.74) is -1.05. The molecule has 1 aromatic rings. The summed E-state index contributed by atoms with van der Waals surface area (Å²) >= 11 is 0. The lowest BCUT2D eigenvalue weighted by molar-refractivity contribution is -0.142. The maximum absolute atomic E-state index is 13.2. The summed E-state index contributed by atoms with van der Waals surface area (Å²) in [5.74, 6) is 1.26. The van der Waals surface area contributed by atoms with E-state index in [1.807, 2.05) is 11.8 Å². The molecule has 1 amide bonds. The number of nitrogens with zero attached hydrogens (tertiary/aromatic N) is 3. The number of piperazine rings is 1. The van der Waals surface area contributed by atoms with Gasteiger partial charge < -0.3 is 9.80 Å². The minimum Gasteiger partial charge on any atom is -0.353 e. The molecule has 0 N–H and O–H groups in total. The largest absolute Gasteiger partial charge is 0.419 e. The van der Waals surface area contributed by atoms with Gasteiger partial charge in [-0.3, -0.25) is 4.79 Å². The van der Waals surface area contributed by atoms with E-state index in [1.165, 1.54) is 12.3 Å². The van der Waals surface area contributed by atoms with Crippen LogP contribution in [0.5, 0.6) is 0 Å². The summed E-state index contributed by atoms with van der Waals surface area (Å²) < 4.78 is 39.7. The standard InChI is InChI=1S/C20H28F3N3O/c1-14(2)15-6-7-19(3,13-15)18(27)26-11-9-25(10-12-26)17-16(20(21,22)23)5-4-8-24-17/h4-5,8,14-15H,6-7,9-13H2,1-3H3. The molecule has 2 unspecified atom stereocenters. The average molecular weight is 383 g/mol. The Morgan fingerprint density at radius 3 is 2.48 bits per heavy atom. The van der Waals surface area contributed by atoms with Crippen LogP contribution in [0.1, 0.15) is 45.6 Å². The molecule has 0 radical (unpaired) electrons. The Kier molecular flexibility index (Phi) is 5.41. The average Bonchev–Trinajstić information content (AvgIpc) is 3.04. The van der Waals surface area contributed by atoms with Gasteiger partial charge in [-0.1, -0.05) is 20.8 Å². The Bertz CT molecular complexity index is 683. The predicted octanol–water partition coefficient (Wildman–Crippen LogP) is 4.21. The van der Waals surface area contributed by atoms with Crippen molar-refractivity contribution in [3.05, 3.63) is 23.9 Å². The highest BCUT2D eigenvalue weighted by Crippen LogP contribution is 2.45. The fourth-order valence-corrected chi connectivity index (χ4v) is 4.42. The second kappa shape index (κ2) is 7.32. The van der Waals surface area contributed by atoms with E-state index in [2.05, 4.69) is 18.8 Å². The molecular weight excluding hydrogens is 355 g/mol. The molecule has 2 heterocycles. The molecule has 0 aromatic carbocycles. The van der Waals surface area contributed by atoms with E-state index in [1.54, 1.807) is 4.90 Å². The van der Waals surface area contributed by atoms with Gasteiger partial charge in [0.05, 0.1) is 5.56 Å². The maximum atomic E-state index is 13.2. The molecule has 7 heteroatoms. The third-order valence-electron chi connectivity index (χ3n) is 6.20. The first-order valence-electron chi connectivity index (χ1n) is 9.68. The van der Waals surface area contributed by atoms with E-state index < -0.39 is 11.7 Å². The fraction of sp³-hybridized carbons (Fsp3) is 0.700. The van der Waals surface area contributed by atoms with Gasteiger partial charge in [0.1, 0.15) is 5.82 Å². The van der Waals surface area contributed by atoms with Crippen LogP contribution in [0.15, 0.2) is 18.3 Å². The third kappa shape index (κ3) is 4.06. The zero-order valence-electron chi connectivity index (χ0n) is 16.2. The summed E-state index contributed by atoms with van der Waals surface area (Å²) in [7, 11) is 0. The van der Waals surface area contributed by atoms with Crippen LogP contribution in [-0.2, 0) is 11.0 Å². The quantitative estimate of drug-likeness (QED) is 0.785.